The SMILES string of the molecule is CCNC(CCO)c1ccc(C)cc1C. The lowest BCUT2D eigenvalue weighted by molar-refractivity contribution is 0.266. The highest BCUT2D eigenvalue weighted by atomic mass is 16.3. The molecule has 0 aliphatic carbocycles. The standard InChI is InChI=1S/C13H21NO/c1-4-14-13(7-8-15)12-6-5-10(2)9-11(12)3/h5-6,9,13-15H,4,7-8H2,1-3H3. The molecular formula is C13H21NO. The molecule has 1 atom stereocenters. The third-order valence-electron chi connectivity index (χ3n) is 2.67. The number of aliphatic hydroxyl groups excluding tert-OH is 1. The number of rotatable bonds is 5. The lowest BCUT2D eigenvalue weighted by Crippen LogP contribution is -2.22. The molecule has 2 nitrogen and oxygen atoms in total. The summed E-state index contributed by atoms with van der Waals surface area (Å²) in [7, 11) is 0. The molecule has 0 fully saturated rings. The third kappa shape index (κ3) is 3.33. The smallest absolute Gasteiger partial charge is 0.0449 e. The first-order chi connectivity index (χ1) is 7.19. The molecule has 15 heavy (non-hydrogen) atoms. The normalized spacial score (nSPS) is 12.8. The van der Waals surface area contributed by atoms with Gasteiger partial charge in [-0.15, -0.1) is 0 Å². The Balaban J connectivity index is 2.89. The van der Waals surface area contributed by atoms with Gasteiger partial charge in [-0.1, -0.05) is 30.7 Å². The number of hydrogen-bond acceptors (Lipinski definition) is 2. The Morgan fingerprint density at radius 3 is 2.60 bits per heavy atom. The minimum absolute atomic E-state index is 0.227. The molecule has 84 valence electrons. The Kier molecular flexibility index (Phi) is 4.79. The molecule has 2 heteroatoms. The van der Waals surface area contributed by atoms with E-state index in [1.807, 2.05) is 0 Å². The van der Waals surface area contributed by atoms with Crippen molar-refractivity contribution in [2.45, 2.75) is 33.2 Å². The number of nitrogens with one attached hydrogen (secondary N) is 1. The average molecular weight is 207 g/mol. The maximum absolute atomic E-state index is 9.03. The third-order valence-corrected chi connectivity index (χ3v) is 2.67. The monoisotopic (exact) mass is 207 g/mol. The lowest BCUT2D eigenvalue weighted by atomic mass is 9.97. The predicted molar refractivity (Wildman–Crippen MR) is 64.0 cm³/mol. The van der Waals surface area contributed by atoms with E-state index in [-0.39, 0.29) is 12.6 Å². The molecule has 0 spiro atoms. The van der Waals surface area contributed by atoms with Gasteiger partial charge in [0.15, 0.2) is 0 Å². The number of benzene rings is 1. The van der Waals surface area contributed by atoms with Gasteiger partial charge in [-0.25, -0.2) is 0 Å². The van der Waals surface area contributed by atoms with Gasteiger partial charge in [0, 0.05) is 12.6 Å². The first-order valence-corrected chi connectivity index (χ1v) is 5.60. The van der Waals surface area contributed by atoms with E-state index < -0.39 is 0 Å². The Bertz CT molecular complexity index is 303. The molecule has 0 amide bonds. The summed E-state index contributed by atoms with van der Waals surface area (Å²) in [4.78, 5) is 0. The minimum Gasteiger partial charge on any atom is -0.396 e. The van der Waals surface area contributed by atoms with Gasteiger partial charge < -0.3 is 10.4 Å². The van der Waals surface area contributed by atoms with Gasteiger partial charge >= 0.3 is 0 Å². The fourth-order valence-electron chi connectivity index (χ4n) is 1.96. The summed E-state index contributed by atoms with van der Waals surface area (Å²) < 4.78 is 0. The van der Waals surface area contributed by atoms with Gasteiger partial charge in [-0.2, -0.15) is 0 Å². The Hall–Kier alpha value is -0.860. The van der Waals surface area contributed by atoms with E-state index in [1.54, 1.807) is 0 Å². The molecule has 0 saturated carbocycles. The minimum atomic E-state index is 0.227. The van der Waals surface area contributed by atoms with Crippen molar-refractivity contribution >= 4 is 0 Å². The van der Waals surface area contributed by atoms with Crippen LogP contribution in [0.5, 0.6) is 0 Å². The largest absolute Gasteiger partial charge is 0.396 e. The maximum Gasteiger partial charge on any atom is 0.0449 e. The first-order valence-electron chi connectivity index (χ1n) is 5.60. The molecule has 0 saturated heterocycles. The molecule has 1 aromatic rings. The van der Waals surface area contributed by atoms with Crippen LogP contribution >= 0.6 is 0 Å². The van der Waals surface area contributed by atoms with Crippen molar-refractivity contribution in [2.24, 2.45) is 0 Å². The van der Waals surface area contributed by atoms with Crippen molar-refractivity contribution in [1.29, 1.82) is 0 Å². The molecular weight excluding hydrogens is 186 g/mol. The van der Waals surface area contributed by atoms with Crippen LogP contribution in [0.1, 0.15) is 36.1 Å². The van der Waals surface area contributed by atoms with E-state index in [2.05, 4.69) is 44.3 Å². The van der Waals surface area contributed by atoms with Crippen LogP contribution in [0.3, 0.4) is 0 Å². The average Bonchev–Trinajstić information content (AvgIpc) is 2.17. The van der Waals surface area contributed by atoms with Gasteiger partial charge in [0.2, 0.25) is 0 Å². The Morgan fingerprint density at radius 1 is 1.33 bits per heavy atom. The van der Waals surface area contributed by atoms with E-state index in [0.29, 0.717) is 0 Å². The van der Waals surface area contributed by atoms with E-state index >= 15 is 0 Å². The van der Waals surface area contributed by atoms with Crippen LogP contribution in [-0.4, -0.2) is 18.3 Å². The number of hydrogen-bond donors (Lipinski definition) is 2. The van der Waals surface area contributed by atoms with Crippen molar-refractivity contribution in [1.82, 2.24) is 5.32 Å². The van der Waals surface area contributed by atoms with Crippen molar-refractivity contribution in [3.8, 4) is 0 Å². The maximum atomic E-state index is 9.03. The molecule has 0 aliphatic heterocycles. The van der Waals surface area contributed by atoms with Crippen LogP contribution in [0.2, 0.25) is 0 Å². The van der Waals surface area contributed by atoms with E-state index in [4.69, 9.17) is 5.11 Å². The molecule has 0 aromatic heterocycles. The zero-order valence-corrected chi connectivity index (χ0v) is 9.88. The molecule has 0 bridgehead atoms. The van der Waals surface area contributed by atoms with Crippen molar-refractivity contribution in [3.05, 3.63) is 34.9 Å². The second kappa shape index (κ2) is 5.89. The van der Waals surface area contributed by atoms with Crippen molar-refractivity contribution in [3.63, 3.8) is 0 Å². The van der Waals surface area contributed by atoms with Crippen LogP contribution < -0.4 is 5.32 Å². The molecule has 0 heterocycles. The van der Waals surface area contributed by atoms with Crippen LogP contribution in [0.4, 0.5) is 0 Å². The molecule has 0 radical (unpaired) electrons. The summed E-state index contributed by atoms with van der Waals surface area (Å²) in [5.41, 5.74) is 3.89. The highest BCUT2D eigenvalue weighted by Gasteiger charge is 2.11. The highest BCUT2D eigenvalue weighted by molar-refractivity contribution is 5.32. The fourth-order valence-corrected chi connectivity index (χ4v) is 1.96. The molecule has 1 aromatic carbocycles. The molecule has 0 aliphatic rings. The molecule has 1 unspecified atom stereocenters. The van der Waals surface area contributed by atoms with E-state index in [9.17, 15) is 0 Å². The predicted octanol–water partition coefficient (Wildman–Crippen LogP) is 2.34. The van der Waals surface area contributed by atoms with Crippen LogP contribution in [0.15, 0.2) is 18.2 Å². The number of aryl methyl sites for hydroxylation is 2. The summed E-state index contributed by atoms with van der Waals surface area (Å²) in [5, 5.41) is 12.4. The molecule has 1 rings (SSSR count). The second-order valence-electron chi connectivity index (χ2n) is 3.98. The first kappa shape index (κ1) is 12.2. The van der Waals surface area contributed by atoms with Crippen molar-refractivity contribution in [2.75, 3.05) is 13.2 Å². The lowest BCUT2D eigenvalue weighted by Gasteiger charge is -2.19. The fraction of sp³-hybridized carbons (Fsp3) is 0.538. The summed E-state index contributed by atoms with van der Waals surface area (Å²) in [6, 6.07) is 6.76. The zero-order chi connectivity index (χ0) is 11.3. The van der Waals surface area contributed by atoms with Crippen LogP contribution in [0, 0.1) is 13.8 Å². The van der Waals surface area contributed by atoms with E-state index in [1.165, 1.54) is 16.7 Å². The second-order valence-corrected chi connectivity index (χ2v) is 3.98. The van der Waals surface area contributed by atoms with Gasteiger partial charge in [0.05, 0.1) is 0 Å². The molecule has 2 N–H and O–H groups in total. The van der Waals surface area contributed by atoms with E-state index in [0.717, 1.165) is 13.0 Å². The Morgan fingerprint density at radius 2 is 2.07 bits per heavy atom. The topological polar surface area (TPSA) is 32.3 Å². The van der Waals surface area contributed by atoms with Gasteiger partial charge in [0.1, 0.15) is 0 Å². The summed E-state index contributed by atoms with van der Waals surface area (Å²) in [6.07, 6.45) is 0.776. The number of aliphatic hydroxyl groups is 1. The summed E-state index contributed by atoms with van der Waals surface area (Å²) in [5.74, 6) is 0. The Labute approximate surface area is 92.3 Å². The highest BCUT2D eigenvalue weighted by Crippen LogP contribution is 2.21. The van der Waals surface area contributed by atoms with Gasteiger partial charge in [-0.3, -0.25) is 0 Å². The van der Waals surface area contributed by atoms with Crippen LogP contribution in [-0.2, 0) is 0 Å². The van der Waals surface area contributed by atoms with Crippen molar-refractivity contribution < 1.29 is 5.11 Å². The summed E-state index contributed by atoms with van der Waals surface area (Å²) in [6.45, 7) is 7.48. The quantitative estimate of drug-likeness (QED) is 0.776. The zero-order valence-electron chi connectivity index (χ0n) is 9.88. The van der Waals surface area contributed by atoms with Gasteiger partial charge in [-0.05, 0) is 37.9 Å². The van der Waals surface area contributed by atoms with Gasteiger partial charge in [0.25, 0.3) is 0 Å². The van der Waals surface area contributed by atoms with Crippen LogP contribution in [0.25, 0.3) is 0 Å². The summed E-state index contributed by atoms with van der Waals surface area (Å²) >= 11 is 0.